The van der Waals surface area contributed by atoms with Crippen molar-refractivity contribution >= 4 is 5.91 Å². The molecule has 0 bridgehead atoms. The van der Waals surface area contributed by atoms with Gasteiger partial charge in [-0.05, 0) is 24.7 Å². The number of aryl methyl sites for hydroxylation is 1. The Bertz CT molecular complexity index is 424. The number of aromatic nitrogens is 3. The van der Waals surface area contributed by atoms with E-state index in [0.29, 0.717) is 6.54 Å². The number of H-pyrrole nitrogens is 1. The Morgan fingerprint density at radius 1 is 1.47 bits per heavy atom. The van der Waals surface area contributed by atoms with Gasteiger partial charge in [0.05, 0.1) is 0 Å². The molecule has 0 atom stereocenters. The molecule has 6 nitrogen and oxygen atoms in total. The first-order valence-corrected chi connectivity index (χ1v) is 6.90. The summed E-state index contributed by atoms with van der Waals surface area (Å²) in [6, 6.07) is 0. The number of nitrogens with one attached hydrogen (secondary N) is 2. The number of carbonyl (C=O) groups excluding carboxylic acids is 1. The maximum Gasteiger partial charge on any atom is 0.290 e. The van der Waals surface area contributed by atoms with Gasteiger partial charge in [-0.1, -0.05) is 13.8 Å². The van der Waals surface area contributed by atoms with Crippen LogP contribution in [0.4, 0.5) is 0 Å². The molecule has 1 aliphatic rings. The molecule has 0 unspecified atom stereocenters. The van der Waals surface area contributed by atoms with Crippen molar-refractivity contribution in [3.8, 4) is 0 Å². The Kier molecular flexibility index (Phi) is 4.52. The van der Waals surface area contributed by atoms with Crippen LogP contribution in [0.2, 0.25) is 0 Å². The van der Waals surface area contributed by atoms with Crippen molar-refractivity contribution in [1.29, 1.82) is 0 Å². The zero-order valence-electron chi connectivity index (χ0n) is 11.7. The third kappa shape index (κ3) is 3.76. The zero-order valence-corrected chi connectivity index (χ0v) is 11.7. The summed E-state index contributed by atoms with van der Waals surface area (Å²) in [5, 5.41) is 9.67. The van der Waals surface area contributed by atoms with E-state index in [9.17, 15) is 4.79 Å². The number of aromatic amines is 1. The first kappa shape index (κ1) is 14.0. The summed E-state index contributed by atoms with van der Waals surface area (Å²) >= 11 is 0. The molecular weight excluding hydrogens is 244 g/mol. The predicted octanol–water partition coefficient (Wildman–Crippen LogP) is 1.30. The largest absolute Gasteiger partial charge is 0.381 e. The van der Waals surface area contributed by atoms with Gasteiger partial charge in [0, 0.05) is 26.2 Å². The van der Waals surface area contributed by atoms with Crippen molar-refractivity contribution in [3.05, 3.63) is 11.6 Å². The predicted molar refractivity (Wildman–Crippen MR) is 70.9 cm³/mol. The molecule has 1 fully saturated rings. The van der Waals surface area contributed by atoms with Gasteiger partial charge in [0.25, 0.3) is 5.91 Å². The molecule has 1 aromatic rings. The van der Waals surface area contributed by atoms with Crippen LogP contribution < -0.4 is 5.32 Å². The second-order valence-electron chi connectivity index (χ2n) is 5.46. The van der Waals surface area contributed by atoms with Crippen molar-refractivity contribution in [1.82, 2.24) is 20.5 Å². The summed E-state index contributed by atoms with van der Waals surface area (Å²) in [4.78, 5) is 16.1. The fraction of sp³-hybridized carbons (Fsp3) is 0.769. The summed E-state index contributed by atoms with van der Waals surface area (Å²) in [6.45, 7) is 6.43. The van der Waals surface area contributed by atoms with Gasteiger partial charge in [0.1, 0.15) is 5.82 Å². The van der Waals surface area contributed by atoms with Gasteiger partial charge in [0.2, 0.25) is 5.82 Å². The number of carbonyl (C=O) groups is 1. The van der Waals surface area contributed by atoms with E-state index in [2.05, 4.69) is 34.3 Å². The van der Waals surface area contributed by atoms with Crippen molar-refractivity contribution in [3.63, 3.8) is 0 Å². The second-order valence-corrected chi connectivity index (χ2v) is 5.46. The van der Waals surface area contributed by atoms with Crippen molar-refractivity contribution in [2.75, 3.05) is 19.8 Å². The maximum absolute atomic E-state index is 12.0. The minimum atomic E-state index is -0.202. The summed E-state index contributed by atoms with van der Waals surface area (Å²) in [6.07, 6.45) is 3.74. The van der Waals surface area contributed by atoms with E-state index in [4.69, 9.17) is 4.74 Å². The third-order valence-electron chi connectivity index (χ3n) is 3.60. The van der Waals surface area contributed by atoms with Gasteiger partial charge in [-0.3, -0.25) is 9.89 Å². The lowest BCUT2D eigenvalue weighted by atomic mass is 9.82. The van der Waals surface area contributed by atoms with Gasteiger partial charge < -0.3 is 10.1 Å². The van der Waals surface area contributed by atoms with Crippen LogP contribution in [0.25, 0.3) is 0 Å². The first-order chi connectivity index (χ1) is 9.13. The molecule has 2 N–H and O–H groups in total. The van der Waals surface area contributed by atoms with Crippen LogP contribution in [0.5, 0.6) is 0 Å². The van der Waals surface area contributed by atoms with Gasteiger partial charge in [-0.2, -0.15) is 0 Å². The minimum absolute atomic E-state index is 0.121. The van der Waals surface area contributed by atoms with Crippen molar-refractivity contribution < 1.29 is 9.53 Å². The molecule has 2 heterocycles. The Labute approximate surface area is 113 Å². The molecule has 2 rings (SSSR count). The average molecular weight is 266 g/mol. The van der Waals surface area contributed by atoms with Crippen LogP contribution in [0, 0.1) is 5.41 Å². The fourth-order valence-electron chi connectivity index (χ4n) is 2.16. The van der Waals surface area contributed by atoms with Crippen LogP contribution in [-0.2, 0) is 11.2 Å². The highest BCUT2D eigenvalue weighted by molar-refractivity contribution is 5.90. The molecule has 1 aliphatic heterocycles. The van der Waals surface area contributed by atoms with E-state index in [0.717, 1.165) is 44.7 Å². The average Bonchev–Trinajstić information content (AvgIpc) is 2.86. The van der Waals surface area contributed by atoms with E-state index in [1.165, 1.54) is 0 Å². The highest BCUT2D eigenvalue weighted by Crippen LogP contribution is 2.28. The van der Waals surface area contributed by atoms with E-state index < -0.39 is 0 Å². The number of ether oxygens (including phenoxy) is 1. The first-order valence-electron chi connectivity index (χ1n) is 6.90. The van der Waals surface area contributed by atoms with Crippen LogP contribution in [-0.4, -0.2) is 40.8 Å². The molecule has 6 heteroatoms. The lowest BCUT2D eigenvalue weighted by Crippen LogP contribution is -2.39. The summed E-state index contributed by atoms with van der Waals surface area (Å²) in [5.41, 5.74) is 0.121. The molecule has 0 spiro atoms. The summed E-state index contributed by atoms with van der Waals surface area (Å²) in [7, 11) is 0. The lowest BCUT2D eigenvalue weighted by molar-refractivity contribution is 0.0238. The molecule has 0 aliphatic carbocycles. The highest BCUT2D eigenvalue weighted by Gasteiger charge is 2.28. The van der Waals surface area contributed by atoms with E-state index >= 15 is 0 Å². The molecule has 1 aromatic heterocycles. The number of hydrogen-bond donors (Lipinski definition) is 2. The Morgan fingerprint density at radius 2 is 2.21 bits per heavy atom. The van der Waals surface area contributed by atoms with Crippen molar-refractivity contribution in [2.45, 2.75) is 39.5 Å². The van der Waals surface area contributed by atoms with E-state index in [-0.39, 0.29) is 17.1 Å². The number of amides is 1. The Balaban J connectivity index is 1.86. The number of hydrogen-bond acceptors (Lipinski definition) is 4. The van der Waals surface area contributed by atoms with Gasteiger partial charge >= 0.3 is 0 Å². The van der Waals surface area contributed by atoms with Crippen LogP contribution in [0.1, 0.15) is 49.6 Å². The summed E-state index contributed by atoms with van der Waals surface area (Å²) in [5.74, 6) is 0.801. The standard InChI is InChI=1S/C13H22N4O2/c1-3-4-10-15-11(17-16-10)12(18)14-9-13(2)5-7-19-8-6-13/h3-9H2,1-2H3,(H,14,18)(H,15,16,17). The molecule has 1 amide bonds. The van der Waals surface area contributed by atoms with E-state index in [1.54, 1.807) is 0 Å². The maximum atomic E-state index is 12.0. The van der Waals surface area contributed by atoms with Gasteiger partial charge in [0.15, 0.2) is 0 Å². The van der Waals surface area contributed by atoms with Crippen LogP contribution in [0.3, 0.4) is 0 Å². The molecule has 19 heavy (non-hydrogen) atoms. The number of rotatable bonds is 5. The smallest absolute Gasteiger partial charge is 0.290 e. The molecule has 0 radical (unpaired) electrons. The van der Waals surface area contributed by atoms with Gasteiger partial charge in [-0.15, -0.1) is 5.10 Å². The molecular formula is C13H22N4O2. The molecule has 0 aromatic carbocycles. The lowest BCUT2D eigenvalue weighted by Gasteiger charge is -2.33. The van der Waals surface area contributed by atoms with Crippen LogP contribution >= 0.6 is 0 Å². The fourth-order valence-corrected chi connectivity index (χ4v) is 2.16. The SMILES string of the molecule is CCCc1nc(C(=O)NCC2(C)CCOCC2)n[nH]1. The Hall–Kier alpha value is -1.43. The molecule has 106 valence electrons. The monoisotopic (exact) mass is 266 g/mol. The third-order valence-corrected chi connectivity index (χ3v) is 3.60. The minimum Gasteiger partial charge on any atom is -0.381 e. The molecule has 1 saturated heterocycles. The highest BCUT2D eigenvalue weighted by atomic mass is 16.5. The van der Waals surface area contributed by atoms with Crippen molar-refractivity contribution in [2.24, 2.45) is 5.41 Å². The number of nitrogens with zero attached hydrogens (tertiary/aromatic N) is 2. The quantitative estimate of drug-likeness (QED) is 0.842. The Morgan fingerprint density at radius 3 is 2.89 bits per heavy atom. The second kappa shape index (κ2) is 6.14. The van der Waals surface area contributed by atoms with Gasteiger partial charge in [-0.25, -0.2) is 4.98 Å². The molecule has 0 saturated carbocycles. The zero-order chi connectivity index (χ0) is 13.7. The van der Waals surface area contributed by atoms with Crippen LogP contribution in [0.15, 0.2) is 0 Å². The topological polar surface area (TPSA) is 79.9 Å². The normalized spacial score (nSPS) is 18.2. The van der Waals surface area contributed by atoms with E-state index in [1.807, 2.05) is 0 Å². The summed E-state index contributed by atoms with van der Waals surface area (Å²) < 4.78 is 5.34.